The molecule has 0 fully saturated rings. The van der Waals surface area contributed by atoms with Gasteiger partial charge in [0.15, 0.2) is 0 Å². The van der Waals surface area contributed by atoms with Gasteiger partial charge < -0.3 is 5.32 Å². The van der Waals surface area contributed by atoms with Crippen LogP contribution in [-0.2, 0) is 0 Å². The minimum absolute atomic E-state index is 0.0294. The predicted molar refractivity (Wildman–Crippen MR) is 80.9 cm³/mol. The number of halogens is 3. The van der Waals surface area contributed by atoms with E-state index >= 15 is 0 Å². The van der Waals surface area contributed by atoms with Crippen molar-refractivity contribution in [3.8, 4) is 0 Å². The highest BCUT2D eigenvalue weighted by Gasteiger charge is 2.21. The molecule has 20 heavy (non-hydrogen) atoms. The van der Waals surface area contributed by atoms with Gasteiger partial charge in [-0.05, 0) is 52.7 Å². The number of hydrogen-bond acceptors (Lipinski definition) is 5. The van der Waals surface area contributed by atoms with E-state index in [0.717, 1.165) is 0 Å². The van der Waals surface area contributed by atoms with E-state index in [1.165, 1.54) is 6.92 Å². The van der Waals surface area contributed by atoms with Gasteiger partial charge in [-0.2, -0.15) is 4.98 Å². The molecule has 2 aromatic rings. The molecule has 0 spiro atoms. The molecule has 6 nitrogen and oxygen atoms in total. The largest absolute Gasteiger partial charge is 0.334 e. The van der Waals surface area contributed by atoms with Crippen LogP contribution in [0.4, 0.5) is 17.2 Å². The average Bonchev–Trinajstić information content (AvgIpc) is 2.32. The summed E-state index contributed by atoms with van der Waals surface area (Å²) in [7, 11) is 0. The predicted octanol–water partition coefficient (Wildman–Crippen LogP) is 4.51. The highest BCUT2D eigenvalue weighted by Crippen LogP contribution is 2.31. The van der Waals surface area contributed by atoms with Crippen LogP contribution in [0.5, 0.6) is 0 Å². The van der Waals surface area contributed by atoms with Crippen molar-refractivity contribution in [2.75, 3.05) is 5.32 Å². The van der Waals surface area contributed by atoms with Crippen molar-refractivity contribution in [2.24, 2.45) is 0 Å². The van der Waals surface area contributed by atoms with E-state index in [1.807, 2.05) is 0 Å². The highest BCUT2D eigenvalue weighted by atomic mass is 79.9. The van der Waals surface area contributed by atoms with Crippen molar-refractivity contribution in [1.82, 2.24) is 9.97 Å². The number of hydrogen-bond donors (Lipinski definition) is 1. The molecule has 0 aliphatic rings. The third-order valence-electron chi connectivity index (χ3n) is 2.40. The van der Waals surface area contributed by atoms with E-state index in [9.17, 15) is 10.1 Å². The molecular weight excluding hydrogens is 371 g/mol. The first-order valence-corrected chi connectivity index (χ1v) is 6.84. The lowest BCUT2D eigenvalue weighted by Gasteiger charge is -2.08. The maximum atomic E-state index is 11.1. The first-order chi connectivity index (χ1) is 9.38. The lowest BCUT2D eigenvalue weighted by Crippen LogP contribution is -2.04. The molecule has 0 aliphatic heterocycles. The van der Waals surface area contributed by atoms with Gasteiger partial charge in [-0.1, -0.05) is 11.6 Å². The Labute approximate surface area is 132 Å². The van der Waals surface area contributed by atoms with Gasteiger partial charge in [0.25, 0.3) is 0 Å². The van der Waals surface area contributed by atoms with Gasteiger partial charge in [0.1, 0.15) is 5.69 Å². The van der Waals surface area contributed by atoms with Gasteiger partial charge in [0.05, 0.1) is 9.95 Å². The van der Waals surface area contributed by atoms with E-state index < -0.39 is 4.92 Å². The Balaban J connectivity index is 2.47. The third-order valence-corrected chi connectivity index (χ3v) is 3.78. The fraction of sp³-hybridized carbons (Fsp3) is 0.0909. The number of nitrogens with one attached hydrogen (secondary N) is 1. The Morgan fingerprint density at radius 1 is 1.35 bits per heavy atom. The monoisotopic (exact) mass is 376 g/mol. The normalized spacial score (nSPS) is 10.4. The van der Waals surface area contributed by atoms with Crippen LogP contribution in [-0.4, -0.2) is 14.9 Å². The number of aromatic nitrogens is 2. The zero-order chi connectivity index (χ0) is 14.9. The summed E-state index contributed by atoms with van der Waals surface area (Å²) < 4.78 is 0.656. The summed E-state index contributed by atoms with van der Waals surface area (Å²) in [5.41, 5.74) is 0.546. The Morgan fingerprint density at radius 3 is 2.65 bits per heavy atom. The van der Waals surface area contributed by atoms with E-state index in [-0.39, 0.29) is 22.5 Å². The van der Waals surface area contributed by atoms with Crippen LogP contribution in [0, 0.1) is 17.0 Å². The Kier molecular flexibility index (Phi) is 4.42. The van der Waals surface area contributed by atoms with Gasteiger partial charge >= 0.3 is 5.69 Å². The molecule has 104 valence electrons. The van der Waals surface area contributed by atoms with Crippen LogP contribution in [0.3, 0.4) is 0 Å². The lowest BCUT2D eigenvalue weighted by molar-refractivity contribution is -0.385. The van der Waals surface area contributed by atoms with Crippen molar-refractivity contribution in [3.05, 3.63) is 48.8 Å². The molecule has 1 aromatic carbocycles. The van der Waals surface area contributed by atoms with E-state index in [2.05, 4.69) is 31.2 Å². The number of nitro groups is 1. The van der Waals surface area contributed by atoms with E-state index in [1.54, 1.807) is 18.2 Å². The summed E-state index contributed by atoms with van der Waals surface area (Å²) in [4.78, 5) is 18.1. The summed E-state index contributed by atoms with van der Waals surface area (Å²) in [6.07, 6.45) is 0. The number of rotatable bonds is 3. The van der Waals surface area contributed by atoms with E-state index in [4.69, 9.17) is 23.2 Å². The SMILES string of the molecule is Cc1nc(Cl)nc(Nc2ccc(Cl)c(Br)c2)c1[N+](=O)[O-]. The van der Waals surface area contributed by atoms with Gasteiger partial charge in [0, 0.05) is 10.2 Å². The Hall–Kier alpha value is -1.44. The summed E-state index contributed by atoms with van der Waals surface area (Å²) in [5.74, 6) is 0.0294. The molecule has 0 amide bonds. The molecule has 0 aliphatic carbocycles. The number of benzene rings is 1. The molecule has 1 aromatic heterocycles. The number of anilines is 2. The molecule has 0 bridgehead atoms. The lowest BCUT2D eigenvalue weighted by atomic mass is 10.3. The summed E-state index contributed by atoms with van der Waals surface area (Å²) in [5, 5.41) is 14.4. The Bertz CT molecular complexity index is 696. The zero-order valence-corrected chi connectivity index (χ0v) is 13.1. The smallest absolute Gasteiger partial charge is 0.332 e. The fourth-order valence-electron chi connectivity index (χ4n) is 1.55. The van der Waals surface area contributed by atoms with Crippen LogP contribution >= 0.6 is 39.1 Å². The van der Waals surface area contributed by atoms with Gasteiger partial charge in [-0.25, -0.2) is 4.98 Å². The fourth-order valence-corrected chi connectivity index (χ4v) is 2.26. The van der Waals surface area contributed by atoms with Crippen LogP contribution in [0.1, 0.15) is 5.69 Å². The molecule has 0 saturated heterocycles. The minimum atomic E-state index is -0.557. The molecule has 0 atom stereocenters. The van der Waals surface area contributed by atoms with Crippen molar-refractivity contribution >= 4 is 56.3 Å². The summed E-state index contributed by atoms with van der Waals surface area (Å²) in [6, 6.07) is 5.00. The van der Waals surface area contributed by atoms with Gasteiger partial charge in [-0.15, -0.1) is 0 Å². The zero-order valence-electron chi connectivity index (χ0n) is 10.0. The first-order valence-electron chi connectivity index (χ1n) is 5.29. The second kappa shape index (κ2) is 5.90. The van der Waals surface area contributed by atoms with Crippen LogP contribution < -0.4 is 5.32 Å². The van der Waals surface area contributed by atoms with Crippen molar-refractivity contribution in [3.63, 3.8) is 0 Å². The Morgan fingerprint density at radius 2 is 2.05 bits per heavy atom. The standard InChI is InChI=1S/C11H7BrCl2N4O2/c1-5-9(18(19)20)10(17-11(14)15-5)16-6-2-3-8(13)7(12)4-6/h2-4H,1H3,(H,15,16,17). The molecule has 1 N–H and O–H groups in total. The van der Waals surface area contributed by atoms with Gasteiger partial charge in [-0.3, -0.25) is 10.1 Å². The summed E-state index contributed by atoms with van der Waals surface area (Å²) in [6.45, 7) is 1.49. The minimum Gasteiger partial charge on any atom is -0.334 e. The van der Waals surface area contributed by atoms with E-state index in [0.29, 0.717) is 15.2 Å². The molecule has 2 rings (SSSR count). The molecule has 0 radical (unpaired) electrons. The first kappa shape index (κ1) is 15.0. The number of nitrogens with zero attached hydrogens (tertiary/aromatic N) is 3. The second-order valence-corrected chi connectivity index (χ2v) is 5.39. The molecular formula is C11H7BrCl2N4O2. The molecule has 9 heteroatoms. The van der Waals surface area contributed by atoms with Crippen LogP contribution in [0.2, 0.25) is 10.3 Å². The highest BCUT2D eigenvalue weighted by molar-refractivity contribution is 9.10. The molecule has 0 saturated carbocycles. The quantitative estimate of drug-likeness (QED) is 0.483. The van der Waals surface area contributed by atoms with Crippen molar-refractivity contribution in [2.45, 2.75) is 6.92 Å². The van der Waals surface area contributed by atoms with Crippen molar-refractivity contribution in [1.29, 1.82) is 0 Å². The molecule has 0 unspecified atom stereocenters. The summed E-state index contributed by atoms with van der Waals surface area (Å²) >= 11 is 14.9. The average molecular weight is 378 g/mol. The van der Waals surface area contributed by atoms with Crippen molar-refractivity contribution < 1.29 is 4.92 Å². The second-order valence-electron chi connectivity index (χ2n) is 3.79. The number of aryl methyl sites for hydroxylation is 1. The third kappa shape index (κ3) is 3.17. The maximum Gasteiger partial charge on any atom is 0.332 e. The topological polar surface area (TPSA) is 81.0 Å². The van der Waals surface area contributed by atoms with Gasteiger partial charge in [0.2, 0.25) is 11.1 Å². The maximum absolute atomic E-state index is 11.1. The van der Waals surface area contributed by atoms with Crippen LogP contribution in [0.15, 0.2) is 22.7 Å². The molecule has 1 heterocycles. The van der Waals surface area contributed by atoms with Crippen LogP contribution in [0.25, 0.3) is 0 Å².